The number of halogens is 1. The molecule has 4 heteroatoms. The fourth-order valence-corrected chi connectivity index (χ4v) is 1.98. The lowest BCUT2D eigenvalue weighted by Crippen LogP contribution is -2.32. The van der Waals surface area contributed by atoms with E-state index in [-0.39, 0.29) is 11.8 Å². The lowest BCUT2D eigenvalue weighted by molar-refractivity contribution is -0.121. The maximum Gasteiger partial charge on any atom is 0.229 e. The Bertz CT molecular complexity index is 406. The third-order valence-electron chi connectivity index (χ3n) is 2.83. The second-order valence-electron chi connectivity index (χ2n) is 4.29. The molecule has 0 aliphatic heterocycles. The normalized spacial score (nSPS) is 12.2. The predicted molar refractivity (Wildman–Crippen MR) is 73.3 cm³/mol. The van der Waals surface area contributed by atoms with E-state index in [2.05, 4.69) is 6.92 Å². The van der Waals surface area contributed by atoms with Crippen LogP contribution in [-0.2, 0) is 4.79 Å². The maximum absolute atomic E-state index is 12.1. The molecule has 0 aliphatic rings. The van der Waals surface area contributed by atoms with E-state index in [4.69, 9.17) is 17.3 Å². The number of hydrogen-bond donors (Lipinski definition) is 1. The van der Waals surface area contributed by atoms with Gasteiger partial charge >= 0.3 is 0 Å². The van der Waals surface area contributed by atoms with Crippen molar-refractivity contribution in [1.82, 2.24) is 0 Å². The summed E-state index contributed by atoms with van der Waals surface area (Å²) >= 11 is 5.91. The van der Waals surface area contributed by atoms with E-state index in [1.54, 1.807) is 30.1 Å². The van der Waals surface area contributed by atoms with Crippen LogP contribution >= 0.6 is 11.6 Å². The first-order valence-corrected chi connectivity index (χ1v) is 6.17. The zero-order chi connectivity index (χ0) is 13.0. The molecule has 0 heterocycles. The average Bonchev–Trinajstić information content (AvgIpc) is 2.30. The third-order valence-corrected chi connectivity index (χ3v) is 3.06. The van der Waals surface area contributed by atoms with Crippen LogP contribution in [0.25, 0.3) is 0 Å². The summed E-state index contributed by atoms with van der Waals surface area (Å²) in [5.74, 6) is 0.0733. The van der Waals surface area contributed by atoms with E-state index in [1.165, 1.54) is 0 Å². The number of nitrogens with zero attached hydrogens (tertiary/aromatic N) is 1. The molecule has 1 unspecified atom stereocenters. The van der Waals surface area contributed by atoms with E-state index in [0.29, 0.717) is 16.4 Å². The number of nitrogen functional groups attached to an aromatic ring is 1. The average molecular weight is 255 g/mol. The summed E-state index contributed by atoms with van der Waals surface area (Å²) in [6.07, 6.45) is 1.87. The number of carbonyl (C=O) groups is 1. The fraction of sp³-hybridized carbons (Fsp3) is 0.462. The monoisotopic (exact) mass is 254 g/mol. The molecule has 1 aromatic carbocycles. The molecule has 1 amide bonds. The molecule has 1 rings (SSSR count). The highest BCUT2D eigenvalue weighted by Crippen LogP contribution is 2.27. The number of carbonyl (C=O) groups excluding carboxylic acids is 1. The number of amides is 1. The summed E-state index contributed by atoms with van der Waals surface area (Å²) in [6, 6.07) is 5.15. The van der Waals surface area contributed by atoms with Gasteiger partial charge in [-0.25, -0.2) is 0 Å². The van der Waals surface area contributed by atoms with E-state index in [1.807, 2.05) is 6.92 Å². The summed E-state index contributed by atoms with van der Waals surface area (Å²) in [7, 11) is 1.73. The minimum atomic E-state index is 0.00313. The van der Waals surface area contributed by atoms with Crippen LogP contribution in [0.2, 0.25) is 5.02 Å². The Hall–Kier alpha value is -1.22. The molecule has 1 aromatic rings. The van der Waals surface area contributed by atoms with Gasteiger partial charge in [-0.2, -0.15) is 0 Å². The largest absolute Gasteiger partial charge is 0.397 e. The van der Waals surface area contributed by atoms with Crippen molar-refractivity contribution in [3.05, 3.63) is 23.2 Å². The van der Waals surface area contributed by atoms with Gasteiger partial charge < -0.3 is 10.6 Å². The topological polar surface area (TPSA) is 46.3 Å². The molecule has 17 heavy (non-hydrogen) atoms. The third kappa shape index (κ3) is 3.37. The van der Waals surface area contributed by atoms with Crippen molar-refractivity contribution in [2.75, 3.05) is 17.7 Å². The van der Waals surface area contributed by atoms with Gasteiger partial charge in [0, 0.05) is 18.0 Å². The van der Waals surface area contributed by atoms with E-state index in [9.17, 15) is 4.79 Å². The highest BCUT2D eigenvalue weighted by atomic mass is 35.5. The van der Waals surface area contributed by atoms with Gasteiger partial charge in [0.1, 0.15) is 0 Å². The second kappa shape index (κ2) is 5.92. The molecule has 0 fully saturated rings. The van der Waals surface area contributed by atoms with Gasteiger partial charge in [-0.15, -0.1) is 0 Å². The SMILES string of the molecule is CCCC(C)C(=O)N(C)c1cc(Cl)ccc1N. The lowest BCUT2D eigenvalue weighted by Gasteiger charge is -2.22. The fourth-order valence-electron chi connectivity index (χ4n) is 1.81. The molecular formula is C13H19ClN2O. The van der Waals surface area contributed by atoms with Crippen molar-refractivity contribution in [3.8, 4) is 0 Å². The van der Waals surface area contributed by atoms with Gasteiger partial charge in [-0.3, -0.25) is 4.79 Å². The van der Waals surface area contributed by atoms with Crippen LogP contribution in [0.4, 0.5) is 11.4 Å². The van der Waals surface area contributed by atoms with Crippen LogP contribution in [0.3, 0.4) is 0 Å². The number of benzene rings is 1. The van der Waals surface area contributed by atoms with Crippen LogP contribution in [0, 0.1) is 5.92 Å². The molecule has 0 bridgehead atoms. The van der Waals surface area contributed by atoms with Gasteiger partial charge in [-0.1, -0.05) is 31.9 Å². The summed E-state index contributed by atoms with van der Waals surface area (Å²) in [6.45, 7) is 4.00. The van der Waals surface area contributed by atoms with Crippen LogP contribution in [-0.4, -0.2) is 13.0 Å². The molecule has 2 N–H and O–H groups in total. The molecular weight excluding hydrogens is 236 g/mol. The highest BCUT2D eigenvalue weighted by molar-refractivity contribution is 6.31. The molecule has 0 radical (unpaired) electrons. The smallest absolute Gasteiger partial charge is 0.229 e. The summed E-state index contributed by atoms with van der Waals surface area (Å²) in [5, 5.41) is 0.581. The quantitative estimate of drug-likeness (QED) is 0.838. The number of hydrogen-bond acceptors (Lipinski definition) is 2. The summed E-state index contributed by atoms with van der Waals surface area (Å²) in [4.78, 5) is 13.7. The van der Waals surface area contributed by atoms with Gasteiger partial charge in [0.05, 0.1) is 11.4 Å². The minimum absolute atomic E-state index is 0.00313. The van der Waals surface area contributed by atoms with Gasteiger partial charge in [0.15, 0.2) is 0 Å². The van der Waals surface area contributed by atoms with Crippen molar-refractivity contribution < 1.29 is 4.79 Å². The summed E-state index contributed by atoms with van der Waals surface area (Å²) < 4.78 is 0. The van der Waals surface area contributed by atoms with Crippen molar-refractivity contribution in [1.29, 1.82) is 0 Å². The summed E-state index contributed by atoms with van der Waals surface area (Å²) in [5.41, 5.74) is 7.09. The number of nitrogens with two attached hydrogens (primary N) is 1. The molecule has 0 saturated heterocycles. The predicted octanol–water partition coefficient (Wildman–Crippen LogP) is 3.32. The molecule has 1 atom stereocenters. The van der Waals surface area contributed by atoms with Crippen molar-refractivity contribution >= 4 is 28.9 Å². The number of anilines is 2. The van der Waals surface area contributed by atoms with Crippen LogP contribution in [0.15, 0.2) is 18.2 Å². The minimum Gasteiger partial charge on any atom is -0.397 e. The van der Waals surface area contributed by atoms with Crippen molar-refractivity contribution in [2.24, 2.45) is 5.92 Å². The van der Waals surface area contributed by atoms with Crippen molar-refractivity contribution in [3.63, 3.8) is 0 Å². The van der Waals surface area contributed by atoms with Crippen molar-refractivity contribution in [2.45, 2.75) is 26.7 Å². The number of rotatable bonds is 4. The van der Waals surface area contributed by atoms with Gasteiger partial charge in [0.2, 0.25) is 5.91 Å². The Kier molecular flexibility index (Phi) is 4.82. The van der Waals surface area contributed by atoms with Crippen LogP contribution < -0.4 is 10.6 Å². The molecule has 3 nitrogen and oxygen atoms in total. The zero-order valence-corrected chi connectivity index (χ0v) is 11.3. The lowest BCUT2D eigenvalue weighted by atomic mass is 10.0. The van der Waals surface area contributed by atoms with Gasteiger partial charge in [0.25, 0.3) is 0 Å². The van der Waals surface area contributed by atoms with Crippen LogP contribution in [0.1, 0.15) is 26.7 Å². The Morgan fingerprint density at radius 1 is 1.53 bits per heavy atom. The second-order valence-corrected chi connectivity index (χ2v) is 4.73. The van der Waals surface area contributed by atoms with E-state index >= 15 is 0 Å². The molecule has 0 aliphatic carbocycles. The molecule has 0 spiro atoms. The highest BCUT2D eigenvalue weighted by Gasteiger charge is 2.19. The van der Waals surface area contributed by atoms with Gasteiger partial charge in [-0.05, 0) is 24.6 Å². The first kappa shape index (κ1) is 13.8. The van der Waals surface area contributed by atoms with Crippen LogP contribution in [0.5, 0.6) is 0 Å². The molecule has 94 valence electrons. The Balaban J connectivity index is 2.92. The maximum atomic E-state index is 12.1. The molecule has 0 saturated carbocycles. The zero-order valence-electron chi connectivity index (χ0n) is 10.5. The van der Waals surface area contributed by atoms with E-state index < -0.39 is 0 Å². The Morgan fingerprint density at radius 2 is 2.18 bits per heavy atom. The van der Waals surface area contributed by atoms with E-state index in [0.717, 1.165) is 12.8 Å². The standard InChI is InChI=1S/C13H19ClN2O/c1-4-5-9(2)13(17)16(3)12-8-10(14)6-7-11(12)15/h6-9H,4-5,15H2,1-3H3. The Morgan fingerprint density at radius 3 is 2.76 bits per heavy atom. The first-order chi connectivity index (χ1) is 7.97. The Labute approximate surface area is 108 Å². The first-order valence-electron chi connectivity index (χ1n) is 5.80. The molecule has 0 aromatic heterocycles.